The van der Waals surface area contributed by atoms with Gasteiger partial charge in [0.1, 0.15) is 11.6 Å². The molecule has 0 saturated carbocycles. The molecule has 1 aromatic carbocycles. The topological polar surface area (TPSA) is 34.1 Å². The highest BCUT2D eigenvalue weighted by Gasteiger charge is 2.14. The Hall–Kier alpha value is -1.44. The van der Waals surface area contributed by atoms with Crippen LogP contribution in [0.5, 0.6) is 0 Å². The number of hydrogen-bond acceptors (Lipinski definition) is 2. The minimum atomic E-state index is 0.108. The van der Waals surface area contributed by atoms with Crippen molar-refractivity contribution in [3.8, 4) is 0 Å². The van der Waals surface area contributed by atoms with Gasteiger partial charge in [-0.05, 0) is 25.8 Å². The predicted molar refractivity (Wildman–Crippen MR) is 80.4 cm³/mol. The molecule has 0 aliphatic heterocycles. The van der Waals surface area contributed by atoms with Gasteiger partial charge in [0, 0.05) is 12.3 Å². The monoisotopic (exact) mass is 262 g/mol. The predicted octanol–water partition coefficient (Wildman–Crippen LogP) is 4.53. The zero-order chi connectivity index (χ0) is 14.7. The van der Waals surface area contributed by atoms with E-state index in [1.807, 2.05) is 37.3 Å². The largest absolute Gasteiger partial charge is 0.300 e. The van der Waals surface area contributed by atoms with Gasteiger partial charge in [-0.15, -0.1) is 0 Å². The third-order valence-electron chi connectivity index (χ3n) is 3.04. The maximum atomic E-state index is 11.5. The standard InChI is InChI=1S/C13H18O.C4H8O/c1-3-4-10-13(11(2)14)12-8-6-5-7-9-12;1-3-4(2)5/h5-9,13H,3-4,10H2,1-2H3;3H2,1-2H3. The first-order valence-corrected chi connectivity index (χ1v) is 7.07. The Labute approximate surface area is 117 Å². The first-order valence-electron chi connectivity index (χ1n) is 7.07. The summed E-state index contributed by atoms with van der Waals surface area (Å²) in [7, 11) is 0. The molecule has 19 heavy (non-hydrogen) atoms. The molecule has 0 fully saturated rings. The van der Waals surface area contributed by atoms with Crippen LogP contribution in [0.25, 0.3) is 0 Å². The maximum absolute atomic E-state index is 11.5. The lowest BCUT2D eigenvalue weighted by Crippen LogP contribution is -2.08. The van der Waals surface area contributed by atoms with Gasteiger partial charge in [-0.2, -0.15) is 0 Å². The van der Waals surface area contributed by atoms with Crippen molar-refractivity contribution in [3.05, 3.63) is 35.9 Å². The Balaban J connectivity index is 0.000000555. The summed E-state index contributed by atoms with van der Waals surface area (Å²) in [4.78, 5) is 21.3. The van der Waals surface area contributed by atoms with Crippen LogP contribution in [0.3, 0.4) is 0 Å². The van der Waals surface area contributed by atoms with Crippen molar-refractivity contribution >= 4 is 11.6 Å². The molecule has 0 radical (unpaired) electrons. The summed E-state index contributed by atoms with van der Waals surface area (Å²) in [6.07, 6.45) is 3.92. The second-order valence-corrected chi connectivity index (χ2v) is 4.77. The van der Waals surface area contributed by atoms with Crippen LogP contribution in [0.2, 0.25) is 0 Å². The zero-order valence-electron chi connectivity index (χ0n) is 12.6. The molecule has 0 aromatic heterocycles. The summed E-state index contributed by atoms with van der Waals surface area (Å²) in [6, 6.07) is 10.1. The van der Waals surface area contributed by atoms with Crippen LogP contribution in [0.1, 0.15) is 64.9 Å². The SMILES string of the molecule is CCC(C)=O.CCCCC(C(C)=O)c1ccccc1. The van der Waals surface area contributed by atoms with Crippen LogP contribution in [0.4, 0.5) is 0 Å². The molecule has 0 spiro atoms. The fraction of sp³-hybridized carbons (Fsp3) is 0.529. The summed E-state index contributed by atoms with van der Waals surface area (Å²) >= 11 is 0. The van der Waals surface area contributed by atoms with Crippen LogP contribution in [-0.2, 0) is 9.59 Å². The molecule has 1 rings (SSSR count). The lowest BCUT2D eigenvalue weighted by atomic mass is 9.90. The summed E-state index contributed by atoms with van der Waals surface area (Å²) in [5.41, 5.74) is 1.16. The Morgan fingerprint density at radius 3 is 1.95 bits per heavy atom. The summed E-state index contributed by atoms with van der Waals surface area (Å²) < 4.78 is 0. The smallest absolute Gasteiger partial charge is 0.137 e. The van der Waals surface area contributed by atoms with Gasteiger partial charge >= 0.3 is 0 Å². The molecule has 1 aromatic rings. The highest BCUT2D eigenvalue weighted by Crippen LogP contribution is 2.22. The molecule has 0 amide bonds. The Bertz CT molecular complexity index is 368. The minimum Gasteiger partial charge on any atom is -0.300 e. The van der Waals surface area contributed by atoms with Gasteiger partial charge < -0.3 is 4.79 Å². The summed E-state index contributed by atoms with van der Waals surface area (Å²) in [5.74, 6) is 0.644. The minimum absolute atomic E-state index is 0.108. The van der Waals surface area contributed by atoms with E-state index < -0.39 is 0 Å². The number of rotatable bonds is 6. The number of Topliss-reactive ketones (excluding diaryl/α,β-unsaturated/α-hetero) is 2. The molecule has 0 aliphatic rings. The van der Waals surface area contributed by atoms with Gasteiger partial charge in [-0.3, -0.25) is 4.79 Å². The number of unbranched alkanes of at least 4 members (excludes halogenated alkanes) is 1. The summed E-state index contributed by atoms with van der Waals surface area (Å²) in [5, 5.41) is 0. The van der Waals surface area contributed by atoms with Crippen molar-refractivity contribution in [2.45, 2.75) is 59.3 Å². The van der Waals surface area contributed by atoms with Gasteiger partial charge in [0.15, 0.2) is 0 Å². The maximum Gasteiger partial charge on any atom is 0.137 e. The Morgan fingerprint density at radius 1 is 1.05 bits per heavy atom. The quantitative estimate of drug-likeness (QED) is 0.754. The number of hydrogen-bond donors (Lipinski definition) is 0. The highest BCUT2D eigenvalue weighted by atomic mass is 16.1. The number of carbonyl (C=O) groups excluding carboxylic acids is 2. The average molecular weight is 262 g/mol. The lowest BCUT2D eigenvalue weighted by molar-refractivity contribution is -0.118. The third-order valence-corrected chi connectivity index (χ3v) is 3.04. The molecule has 2 nitrogen and oxygen atoms in total. The molecular weight excluding hydrogens is 236 g/mol. The fourth-order valence-electron chi connectivity index (χ4n) is 1.70. The van der Waals surface area contributed by atoms with Crippen molar-refractivity contribution < 1.29 is 9.59 Å². The first-order chi connectivity index (χ1) is 9.02. The number of carbonyl (C=O) groups is 2. The van der Waals surface area contributed by atoms with E-state index in [1.54, 1.807) is 13.8 Å². The van der Waals surface area contributed by atoms with Gasteiger partial charge in [0.2, 0.25) is 0 Å². The van der Waals surface area contributed by atoms with Crippen molar-refractivity contribution in [1.82, 2.24) is 0 Å². The van der Waals surface area contributed by atoms with Gasteiger partial charge in [-0.1, -0.05) is 57.0 Å². The molecule has 0 N–H and O–H groups in total. The molecule has 0 saturated heterocycles. The average Bonchev–Trinajstić information content (AvgIpc) is 2.40. The lowest BCUT2D eigenvalue weighted by Gasteiger charge is -2.13. The van der Waals surface area contributed by atoms with E-state index in [0.717, 1.165) is 24.8 Å². The Morgan fingerprint density at radius 2 is 1.58 bits per heavy atom. The number of benzene rings is 1. The van der Waals surface area contributed by atoms with Crippen LogP contribution >= 0.6 is 0 Å². The molecule has 0 heterocycles. The Kier molecular flexibility index (Phi) is 9.69. The summed E-state index contributed by atoms with van der Waals surface area (Å²) in [6.45, 7) is 7.28. The molecule has 1 atom stereocenters. The third kappa shape index (κ3) is 8.30. The second kappa shape index (κ2) is 10.5. The highest BCUT2D eigenvalue weighted by molar-refractivity contribution is 5.83. The van der Waals surface area contributed by atoms with Crippen molar-refractivity contribution in [2.24, 2.45) is 0 Å². The second-order valence-electron chi connectivity index (χ2n) is 4.77. The van der Waals surface area contributed by atoms with E-state index in [0.29, 0.717) is 6.42 Å². The molecular formula is C17H26O2. The van der Waals surface area contributed by atoms with E-state index in [2.05, 4.69) is 6.92 Å². The van der Waals surface area contributed by atoms with Crippen molar-refractivity contribution in [2.75, 3.05) is 0 Å². The molecule has 2 heteroatoms. The van der Waals surface area contributed by atoms with Crippen LogP contribution in [-0.4, -0.2) is 11.6 Å². The fourth-order valence-corrected chi connectivity index (χ4v) is 1.70. The van der Waals surface area contributed by atoms with Crippen LogP contribution < -0.4 is 0 Å². The van der Waals surface area contributed by atoms with Gasteiger partial charge in [0.05, 0.1) is 0 Å². The van der Waals surface area contributed by atoms with Crippen molar-refractivity contribution in [1.29, 1.82) is 0 Å². The molecule has 0 aliphatic carbocycles. The normalized spacial score (nSPS) is 11.2. The van der Waals surface area contributed by atoms with Crippen LogP contribution in [0.15, 0.2) is 30.3 Å². The molecule has 1 unspecified atom stereocenters. The van der Waals surface area contributed by atoms with E-state index in [9.17, 15) is 9.59 Å². The van der Waals surface area contributed by atoms with E-state index in [4.69, 9.17) is 0 Å². The zero-order valence-corrected chi connectivity index (χ0v) is 12.6. The van der Waals surface area contributed by atoms with E-state index >= 15 is 0 Å². The first kappa shape index (κ1) is 17.6. The van der Waals surface area contributed by atoms with E-state index in [-0.39, 0.29) is 17.5 Å². The van der Waals surface area contributed by atoms with Crippen LogP contribution in [0, 0.1) is 0 Å². The van der Waals surface area contributed by atoms with Gasteiger partial charge in [0.25, 0.3) is 0 Å². The number of ketones is 2. The molecule has 106 valence electrons. The van der Waals surface area contributed by atoms with Crippen molar-refractivity contribution in [3.63, 3.8) is 0 Å². The molecule has 0 bridgehead atoms. The van der Waals surface area contributed by atoms with E-state index in [1.165, 1.54) is 0 Å². The van der Waals surface area contributed by atoms with Gasteiger partial charge in [-0.25, -0.2) is 0 Å².